The molecule has 0 heterocycles. The highest BCUT2D eigenvalue weighted by molar-refractivity contribution is 5.76. The van der Waals surface area contributed by atoms with Crippen LogP contribution < -0.4 is 5.32 Å². The first-order chi connectivity index (χ1) is 21.7. The van der Waals surface area contributed by atoms with Gasteiger partial charge in [-0.3, -0.25) is 4.79 Å². The maximum atomic E-state index is 12.3. The maximum absolute atomic E-state index is 12.3. The van der Waals surface area contributed by atoms with Gasteiger partial charge in [-0.15, -0.1) is 0 Å². The fraction of sp³-hybridized carbons (Fsp3) is 0.825. The van der Waals surface area contributed by atoms with E-state index in [9.17, 15) is 15.0 Å². The number of nitrogens with one attached hydrogen (secondary N) is 1. The Hall–Kier alpha value is -1.39. The molecule has 3 N–H and O–H groups in total. The summed E-state index contributed by atoms with van der Waals surface area (Å²) in [5.41, 5.74) is 0. The summed E-state index contributed by atoms with van der Waals surface area (Å²) in [6.07, 6.45) is 46.7. The minimum absolute atomic E-state index is 0.0811. The zero-order valence-electron chi connectivity index (χ0n) is 29.4. The molecule has 0 rings (SSSR count). The average Bonchev–Trinajstić information content (AvgIpc) is 3.03. The first-order valence-corrected chi connectivity index (χ1v) is 19.2. The van der Waals surface area contributed by atoms with Crippen LogP contribution in [0.4, 0.5) is 0 Å². The number of carbonyl (C=O) groups is 1. The van der Waals surface area contributed by atoms with Crippen molar-refractivity contribution >= 4 is 5.91 Å². The molecule has 2 atom stereocenters. The van der Waals surface area contributed by atoms with Crippen LogP contribution in [0.15, 0.2) is 36.5 Å². The molecule has 0 aromatic heterocycles. The molecule has 0 aromatic rings. The molecule has 0 bridgehead atoms. The molecule has 0 fully saturated rings. The van der Waals surface area contributed by atoms with Gasteiger partial charge in [-0.1, -0.05) is 166 Å². The van der Waals surface area contributed by atoms with E-state index in [1.54, 1.807) is 6.08 Å². The SMILES string of the molecule is CCCCCC/C=C/CC/C=C/C(O)C(CO)NC(=O)CCCCCCCCC/C=C\CCCCCCCCCCCCC. The summed E-state index contributed by atoms with van der Waals surface area (Å²) in [5, 5.41) is 22.8. The molecule has 0 saturated carbocycles. The molecule has 0 aromatic carbocycles. The third kappa shape index (κ3) is 32.0. The van der Waals surface area contributed by atoms with Crippen LogP contribution in [0.2, 0.25) is 0 Å². The molecule has 1 amide bonds. The molecule has 0 aliphatic rings. The minimum atomic E-state index is -0.860. The van der Waals surface area contributed by atoms with E-state index in [1.165, 1.54) is 141 Å². The van der Waals surface area contributed by atoms with Crippen LogP contribution in [0.25, 0.3) is 0 Å². The van der Waals surface area contributed by atoms with Gasteiger partial charge in [0.25, 0.3) is 0 Å². The molecular weight excluding hydrogens is 542 g/mol. The predicted molar refractivity (Wildman–Crippen MR) is 193 cm³/mol. The Bertz CT molecular complexity index is 672. The van der Waals surface area contributed by atoms with Gasteiger partial charge in [0, 0.05) is 6.42 Å². The Morgan fingerprint density at radius 3 is 1.34 bits per heavy atom. The Balaban J connectivity index is 3.58. The van der Waals surface area contributed by atoms with Crippen molar-refractivity contribution in [3.63, 3.8) is 0 Å². The van der Waals surface area contributed by atoms with Crippen molar-refractivity contribution in [3.8, 4) is 0 Å². The lowest BCUT2D eigenvalue weighted by atomic mass is 10.0. The summed E-state index contributed by atoms with van der Waals surface area (Å²) in [7, 11) is 0. The largest absolute Gasteiger partial charge is 0.394 e. The maximum Gasteiger partial charge on any atom is 0.220 e. The lowest BCUT2D eigenvalue weighted by Crippen LogP contribution is -2.45. The van der Waals surface area contributed by atoms with Crippen molar-refractivity contribution in [3.05, 3.63) is 36.5 Å². The van der Waals surface area contributed by atoms with Gasteiger partial charge >= 0.3 is 0 Å². The number of hydrogen-bond donors (Lipinski definition) is 3. The van der Waals surface area contributed by atoms with Crippen LogP contribution in [0.1, 0.15) is 194 Å². The lowest BCUT2D eigenvalue weighted by molar-refractivity contribution is -0.123. The zero-order valence-corrected chi connectivity index (χ0v) is 29.4. The quantitative estimate of drug-likeness (QED) is 0.0497. The van der Waals surface area contributed by atoms with Crippen LogP contribution in [0.3, 0.4) is 0 Å². The molecule has 4 nitrogen and oxygen atoms in total. The second-order valence-electron chi connectivity index (χ2n) is 13.0. The average molecular weight is 618 g/mol. The zero-order chi connectivity index (χ0) is 32.2. The second-order valence-corrected chi connectivity index (χ2v) is 13.0. The van der Waals surface area contributed by atoms with Gasteiger partial charge in [-0.05, 0) is 57.8 Å². The molecule has 258 valence electrons. The van der Waals surface area contributed by atoms with Crippen LogP contribution in [-0.2, 0) is 4.79 Å². The van der Waals surface area contributed by atoms with Gasteiger partial charge in [0.1, 0.15) is 0 Å². The molecule has 0 aliphatic carbocycles. The van der Waals surface area contributed by atoms with Crippen molar-refractivity contribution in [1.29, 1.82) is 0 Å². The van der Waals surface area contributed by atoms with Crippen LogP contribution in [0, 0.1) is 0 Å². The number of aliphatic hydroxyl groups excluding tert-OH is 2. The molecule has 0 radical (unpaired) electrons. The Kier molecular flexibility index (Phi) is 34.9. The van der Waals surface area contributed by atoms with Gasteiger partial charge in [0.05, 0.1) is 18.8 Å². The number of carbonyl (C=O) groups excluding carboxylic acids is 1. The van der Waals surface area contributed by atoms with Gasteiger partial charge in [-0.2, -0.15) is 0 Å². The van der Waals surface area contributed by atoms with Crippen molar-refractivity contribution in [2.24, 2.45) is 0 Å². The molecule has 4 heteroatoms. The predicted octanol–water partition coefficient (Wildman–Crippen LogP) is 11.5. The van der Waals surface area contributed by atoms with E-state index in [2.05, 4.69) is 43.5 Å². The van der Waals surface area contributed by atoms with E-state index in [0.717, 1.165) is 32.1 Å². The van der Waals surface area contributed by atoms with E-state index in [0.29, 0.717) is 6.42 Å². The van der Waals surface area contributed by atoms with E-state index in [-0.39, 0.29) is 12.5 Å². The van der Waals surface area contributed by atoms with Crippen LogP contribution in [-0.4, -0.2) is 34.9 Å². The Labute approximate surface area is 274 Å². The normalized spacial score (nSPS) is 13.5. The molecule has 0 aliphatic heterocycles. The van der Waals surface area contributed by atoms with Crippen LogP contribution in [0.5, 0.6) is 0 Å². The summed E-state index contributed by atoms with van der Waals surface area (Å²) >= 11 is 0. The van der Waals surface area contributed by atoms with Crippen molar-refractivity contribution < 1.29 is 15.0 Å². The fourth-order valence-corrected chi connectivity index (χ4v) is 5.60. The standard InChI is InChI=1S/C40H75NO3/c1-3-5-7-9-11-13-15-16-17-18-19-20-21-22-23-24-25-26-28-30-32-34-36-40(44)41-38(37-42)39(43)35-33-31-29-27-14-12-10-8-6-4-2/h14,21-22,27,33,35,38-39,42-43H,3-13,15-20,23-26,28-32,34,36-37H2,1-2H3,(H,41,44)/b22-21-,27-14+,35-33+. The fourth-order valence-electron chi connectivity index (χ4n) is 5.60. The van der Waals surface area contributed by atoms with E-state index < -0.39 is 12.1 Å². The number of allylic oxidation sites excluding steroid dienone is 5. The summed E-state index contributed by atoms with van der Waals surface area (Å²) < 4.78 is 0. The third-order valence-electron chi connectivity index (χ3n) is 8.60. The molecular formula is C40H75NO3. The van der Waals surface area contributed by atoms with E-state index >= 15 is 0 Å². The van der Waals surface area contributed by atoms with E-state index in [1.807, 2.05) is 6.08 Å². The molecule has 0 spiro atoms. The third-order valence-corrected chi connectivity index (χ3v) is 8.60. The lowest BCUT2D eigenvalue weighted by Gasteiger charge is -2.19. The number of hydrogen-bond acceptors (Lipinski definition) is 3. The van der Waals surface area contributed by atoms with Gasteiger partial charge in [-0.25, -0.2) is 0 Å². The van der Waals surface area contributed by atoms with Crippen molar-refractivity contribution in [1.82, 2.24) is 5.32 Å². The number of unbranched alkanes of at least 4 members (excludes halogenated alkanes) is 23. The van der Waals surface area contributed by atoms with E-state index in [4.69, 9.17) is 0 Å². The number of amides is 1. The summed E-state index contributed by atoms with van der Waals surface area (Å²) in [6.45, 7) is 4.25. The second kappa shape index (κ2) is 36.1. The van der Waals surface area contributed by atoms with Gasteiger partial charge < -0.3 is 15.5 Å². The van der Waals surface area contributed by atoms with Gasteiger partial charge in [0.15, 0.2) is 0 Å². The molecule has 44 heavy (non-hydrogen) atoms. The number of rotatable bonds is 34. The number of aliphatic hydroxyl groups is 2. The first-order valence-electron chi connectivity index (χ1n) is 19.2. The highest BCUT2D eigenvalue weighted by Crippen LogP contribution is 2.13. The highest BCUT2D eigenvalue weighted by atomic mass is 16.3. The smallest absolute Gasteiger partial charge is 0.220 e. The molecule has 0 saturated heterocycles. The van der Waals surface area contributed by atoms with Gasteiger partial charge in [0.2, 0.25) is 5.91 Å². The summed E-state index contributed by atoms with van der Waals surface area (Å²) in [5.74, 6) is -0.0811. The topological polar surface area (TPSA) is 69.6 Å². The summed E-state index contributed by atoms with van der Waals surface area (Å²) in [4.78, 5) is 12.3. The minimum Gasteiger partial charge on any atom is -0.394 e. The van der Waals surface area contributed by atoms with Crippen molar-refractivity contribution in [2.75, 3.05) is 6.61 Å². The first kappa shape index (κ1) is 42.6. The molecule has 2 unspecified atom stereocenters. The highest BCUT2D eigenvalue weighted by Gasteiger charge is 2.17. The monoisotopic (exact) mass is 618 g/mol. The Morgan fingerprint density at radius 2 is 0.886 bits per heavy atom. The van der Waals surface area contributed by atoms with Crippen molar-refractivity contribution in [2.45, 2.75) is 206 Å². The Morgan fingerprint density at radius 1 is 0.523 bits per heavy atom. The summed E-state index contributed by atoms with van der Waals surface area (Å²) in [6, 6.07) is -0.637. The van der Waals surface area contributed by atoms with Crippen LogP contribution >= 0.6 is 0 Å².